The van der Waals surface area contributed by atoms with E-state index in [2.05, 4.69) is 20.5 Å². The Labute approximate surface area is 189 Å². The highest BCUT2D eigenvalue weighted by atomic mass is 16.5. The van der Waals surface area contributed by atoms with Crippen molar-refractivity contribution in [3.05, 3.63) is 100 Å². The minimum atomic E-state index is -0.543. The molecule has 0 fully saturated rings. The van der Waals surface area contributed by atoms with E-state index >= 15 is 0 Å². The van der Waals surface area contributed by atoms with Crippen molar-refractivity contribution >= 4 is 12.2 Å². The van der Waals surface area contributed by atoms with E-state index in [0.29, 0.717) is 17.1 Å². The number of hydrazone groups is 1. The lowest BCUT2D eigenvalue weighted by molar-refractivity contribution is 0.413. The summed E-state index contributed by atoms with van der Waals surface area (Å²) in [6, 6.07) is 25.6. The Hall–Kier alpha value is -4.90. The monoisotopic (exact) mass is 437 g/mol. The molecule has 0 aliphatic carbocycles. The number of nitrogens with zero attached hydrogens (tertiary/aromatic N) is 3. The Bertz CT molecular complexity index is 1370. The number of methoxy groups -OCH3 is 1. The molecular weight excluding hydrogens is 418 g/mol. The van der Waals surface area contributed by atoms with Crippen LogP contribution >= 0.6 is 0 Å². The Kier molecular flexibility index (Phi) is 6.43. The molecule has 0 atom stereocenters. The molecule has 0 unspecified atom stereocenters. The maximum atomic E-state index is 12.3. The largest absolute Gasteiger partial charge is 0.497 e. The minimum Gasteiger partial charge on any atom is -0.497 e. The first-order chi connectivity index (χ1) is 16.2. The van der Waals surface area contributed by atoms with E-state index in [1.807, 2.05) is 72.8 Å². The molecule has 0 bridgehead atoms. The number of nitriles is 1. The van der Waals surface area contributed by atoms with Crippen LogP contribution in [0.4, 0.5) is 5.95 Å². The molecule has 1 heterocycles. The van der Waals surface area contributed by atoms with E-state index in [9.17, 15) is 10.1 Å². The fourth-order valence-electron chi connectivity index (χ4n) is 3.04. The van der Waals surface area contributed by atoms with Gasteiger partial charge in [0.05, 0.1) is 19.0 Å². The number of hydrogen-bond donors (Lipinski definition) is 2. The molecule has 3 aromatic carbocycles. The predicted octanol–water partition coefficient (Wildman–Crippen LogP) is 4.56. The molecule has 0 saturated carbocycles. The summed E-state index contributed by atoms with van der Waals surface area (Å²) in [5, 5.41) is 13.5. The Morgan fingerprint density at radius 3 is 2.48 bits per heavy atom. The first-order valence-corrected chi connectivity index (χ1v) is 9.97. The number of anilines is 1. The van der Waals surface area contributed by atoms with Gasteiger partial charge in [-0.2, -0.15) is 10.4 Å². The van der Waals surface area contributed by atoms with Crippen molar-refractivity contribution < 1.29 is 9.47 Å². The van der Waals surface area contributed by atoms with Crippen LogP contribution in [0.25, 0.3) is 11.3 Å². The van der Waals surface area contributed by atoms with Crippen LogP contribution in [0, 0.1) is 11.3 Å². The highest BCUT2D eigenvalue weighted by Crippen LogP contribution is 2.24. The maximum absolute atomic E-state index is 12.3. The molecule has 33 heavy (non-hydrogen) atoms. The molecule has 8 nitrogen and oxygen atoms in total. The van der Waals surface area contributed by atoms with Gasteiger partial charge in [0.15, 0.2) is 0 Å². The zero-order valence-electron chi connectivity index (χ0n) is 17.6. The zero-order chi connectivity index (χ0) is 23.0. The molecule has 4 aromatic rings. The van der Waals surface area contributed by atoms with E-state index in [1.54, 1.807) is 25.5 Å². The summed E-state index contributed by atoms with van der Waals surface area (Å²) in [5.74, 6) is 2.19. The van der Waals surface area contributed by atoms with Gasteiger partial charge in [0, 0.05) is 5.56 Å². The summed E-state index contributed by atoms with van der Waals surface area (Å²) in [6.45, 7) is 0. The van der Waals surface area contributed by atoms with Crippen LogP contribution in [0.15, 0.2) is 88.8 Å². The second kappa shape index (κ2) is 9.94. The molecule has 162 valence electrons. The van der Waals surface area contributed by atoms with Crippen molar-refractivity contribution in [2.24, 2.45) is 5.10 Å². The second-order valence-corrected chi connectivity index (χ2v) is 6.84. The van der Waals surface area contributed by atoms with Crippen LogP contribution in [0.1, 0.15) is 11.1 Å². The summed E-state index contributed by atoms with van der Waals surface area (Å²) in [5.41, 5.74) is 3.84. The maximum Gasteiger partial charge on any atom is 0.270 e. The van der Waals surface area contributed by atoms with Gasteiger partial charge in [-0.15, -0.1) is 0 Å². The van der Waals surface area contributed by atoms with E-state index in [4.69, 9.17) is 9.47 Å². The fraction of sp³-hybridized carbons (Fsp3) is 0.0400. The standard InChI is InChI=1S/C25H19N5O3/c1-32-19-10-12-20(13-11-19)33-21-9-5-6-17(14-21)16-27-30-25-28-23(18-7-3-2-4-8-18)22(15-26)24(31)29-25/h2-14,16H,1H3,(H2,28,29,30,31). The molecule has 0 radical (unpaired) electrons. The summed E-state index contributed by atoms with van der Waals surface area (Å²) in [7, 11) is 1.61. The Balaban J connectivity index is 1.50. The van der Waals surface area contributed by atoms with Crippen LogP contribution in [-0.2, 0) is 0 Å². The molecule has 0 saturated heterocycles. The number of benzene rings is 3. The third kappa shape index (κ3) is 5.24. The first kappa shape index (κ1) is 21.3. The summed E-state index contributed by atoms with van der Waals surface area (Å²) < 4.78 is 11.0. The molecule has 0 spiro atoms. The Morgan fingerprint density at radius 1 is 1.00 bits per heavy atom. The number of aromatic nitrogens is 2. The van der Waals surface area contributed by atoms with Crippen LogP contribution in [0.3, 0.4) is 0 Å². The first-order valence-electron chi connectivity index (χ1n) is 9.97. The highest BCUT2D eigenvalue weighted by Gasteiger charge is 2.12. The van der Waals surface area contributed by atoms with Crippen molar-refractivity contribution in [2.75, 3.05) is 12.5 Å². The predicted molar refractivity (Wildman–Crippen MR) is 126 cm³/mol. The van der Waals surface area contributed by atoms with Crippen LogP contribution in [0.2, 0.25) is 0 Å². The lowest BCUT2D eigenvalue weighted by Gasteiger charge is -2.07. The molecule has 0 aliphatic heterocycles. The molecule has 1 aromatic heterocycles. The fourth-order valence-corrected chi connectivity index (χ4v) is 3.04. The van der Waals surface area contributed by atoms with Gasteiger partial charge in [0.1, 0.15) is 28.9 Å². The van der Waals surface area contributed by atoms with E-state index in [0.717, 1.165) is 11.3 Å². The third-order valence-corrected chi connectivity index (χ3v) is 4.62. The number of rotatable bonds is 7. The molecule has 8 heteroatoms. The normalized spacial score (nSPS) is 10.5. The highest BCUT2D eigenvalue weighted by molar-refractivity contribution is 5.80. The van der Waals surface area contributed by atoms with E-state index < -0.39 is 5.56 Å². The Morgan fingerprint density at radius 2 is 1.76 bits per heavy atom. The second-order valence-electron chi connectivity index (χ2n) is 6.84. The van der Waals surface area contributed by atoms with Gasteiger partial charge in [-0.3, -0.25) is 9.78 Å². The topological polar surface area (TPSA) is 112 Å². The van der Waals surface area contributed by atoms with Crippen LogP contribution in [0.5, 0.6) is 17.2 Å². The minimum absolute atomic E-state index is 0.0564. The molecule has 4 rings (SSSR count). The van der Waals surface area contributed by atoms with E-state index in [-0.39, 0.29) is 17.2 Å². The number of nitrogens with one attached hydrogen (secondary N) is 2. The smallest absolute Gasteiger partial charge is 0.270 e. The van der Waals surface area contributed by atoms with Crippen molar-refractivity contribution in [1.29, 1.82) is 5.26 Å². The van der Waals surface area contributed by atoms with Crippen molar-refractivity contribution in [3.8, 4) is 34.6 Å². The van der Waals surface area contributed by atoms with Crippen molar-refractivity contribution in [2.45, 2.75) is 0 Å². The van der Waals surface area contributed by atoms with Crippen LogP contribution < -0.4 is 20.5 Å². The van der Waals surface area contributed by atoms with E-state index in [1.165, 1.54) is 0 Å². The summed E-state index contributed by atoms with van der Waals surface area (Å²) in [4.78, 5) is 19.2. The summed E-state index contributed by atoms with van der Waals surface area (Å²) in [6.07, 6.45) is 1.57. The molecule has 2 N–H and O–H groups in total. The number of ether oxygens (including phenoxy) is 2. The average Bonchev–Trinajstić information content (AvgIpc) is 2.85. The zero-order valence-corrected chi connectivity index (χ0v) is 17.6. The number of aromatic amines is 1. The van der Waals surface area contributed by atoms with Crippen LogP contribution in [-0.4, -0.2) is 23.3 Å². The SMILES string of the molecule is COc1ccc(Oc2cccc(C=NNc3nc(-c4ccccc4)c(C#N)c(=O)[nH]3)c2)cc1. The van der Waals surface area contributed by atoms with Gasteiger partial charge < -0.3 is 9.47 Å². The number of hydrogen-bond acceptors (Lipinski definition) is 7. The molecular formula is C25H19N5O3. The van der Waals surface area contributed by atoms with Gasteiger partial charge in [-0.25, -0.2) is 10.4 Å². The van der Waals surface area contributed by atoms with Gasteiger partial charge in [-0.1, -0.05) is 42.5 Å². The summed E-state index contributed by atoms with van der Waals surface area (Å²) >= 11 is 0. The lowest BCUT2D eigenvalue weighted by atomic mass is 10.1. The quantitative estimate of drug-likeness (QED) is 0.324. The molecule has 0 aliphatic rings. The third-order valence-electron chi connectivity index (χ3n) is 4.62. The van der Waals surface area contributed by atoms with Gasteiger partial charge in [0.25, 0.3) is 5.56 Å². The van der Waals surface area contributed by atoms with Crippen molar-refractivity contribution in [1.82, 2.24) is 9.97 Å². The van der Waals surface area contributed by atoms with Gasteiger partial charge >= 0.3 is 0 Å². The van der Waals surface area contributed by atoms with Gasteiger partial charge in [-0.05, 0) is 42.0 Å². The van der Waals surface area contributed by atoms with Gasteiger partial charge in [0.2, 0.25) is 5.95 Å². The molecule has 0 amide bonds. The lowest BCUT2D eigenvalue weighted by Crippen LogP contribution is -2.16. The van der Waals surface area contributed by atoms with Crippen molar-refractivity contribution in [3.63, 3.8) is 0 Å². The number of H-pyrrole nitrogens is 1. The average molecular weight is 437 g/mol.